The molecule has 0 bridgehead atoms. The molecule has 0 unspecified atom stereocenters. The Morgan fingerprint density at radius 2 is 2.26 bits per heavy atom. The molecular weight excluding hydrogens is 240 g/mol. The van der Waals surface area contributed by atoms with E-state index in [-0.39, 0.29) is 12.2 Å². The molecule has 1 aliphatic rings. The second-order valence-corrected chi connectivity index (χ2v) is 5.57. The maximum atomic E-state index is 9.25. The molecule has 1 aliphatic heterocycles. The first kappa shape index (κ1) is 12.2. The van der Waals surface area contributed by atoms with Gasteiger partial charge in [-0.25, -0.2) is 4.98 Å². The number of ether oxygens (including phenoxy) is 1. The third-order valence-corrected chi connectivity index (χ3v) is 3.46. The van der Waals surface area contributed by atoms with Crippen LogP contribution >= 0.6 is 0 Å². The number of hydrogen-bond donors (Lipinski definition) is 1. The molecule has 1 N–H and O–H groups in total. The van der Waals surface area contributed by atoms with Gasteiger partial charge in [0.15, 0.2) is 0 Å². The second kappa shape index (κ2) is 4.38. The van der Waals surface area contributed by atoms with Crippen molar-refractivity contribution in [2.75, 3.05) is 0 Å². The van der Waals surface area contributed by atoms with E-state index < -0.39 is 0 Å². The van der Waals surface area contributed by atoms with Gasteiger partial charge in [-0.2, -0.15) is 0 Å². The van der Waals surface area contributed by atoms with Gasteiger partial charge in [0.2, 0.25) is 0 Å². The number of aliphatic hydroxyl groups is 1. The summed E-state index contributed by atoms with van der Waals surface area (Å²) in [5, 5.41) is 9.25. The van der Waals surface area contributed by atoms with Crippen LogP contribution in [0, 0.1) is 0 Å². The van der Waals surface area contributed by atoms with Gasteiger partial charge in [-0.05, 0) is 19.4 Å². The average Bonchev–Trinajstić information content (AvgIpc) is 2.92. The molecule has 0 radical (unpaired) electrons. The van der Waals surface area contributed by atoms with Crippen LogP contribution in [0.25, 0.3) is 0 Å². The standard InChI is InChI=1S/C15H18N2O2/c1-15(2)8-11-4-3-5-12(14(11)19-15)9-17-7-6-16-13(17)10-18/h3-7,18H,8-10H2,1-2H3. The van der Waals surface area contributed by atoms with Crippen molar-refractivity contribution in [3.8, 4) is 5.75 Å². The molecule has 2 heterocycles. The highest BCUT2D eigenvalue weighted by Crippen LogP contribution is 2.37. The van der Waals surface area contributed by atoms with Crippen LogP contribution in [0.3, 0.4) is 0 Å². The van der Waals surface area contributed by atoms with Crippen molar-refractivity contribution in [1.82, 2.24) is 9.55 Å². The van der Waals surface area contributed by atoms with Gasteiger partial charge in [-0.3, -0.25) is 0 Å². The predicted octanol–water partition coefficient (Wildman–Crippen LogP) is 2.14. The Hall–Kier alpha value is -1.81. The van der Waals surface area contributed by atoms with Gasteiger partial charge in [-0.1, -0.05) is 18.2 Å². The summed E-state index contributed by atoms with van der Waals surface area (Å²) in [6.45, 7) is 4.84. The van der Waals surface area contributed by atoms with E-state index in [4.69, 9.17) is 4.74 Å². The summed E-state index contributed by atoms with van der Waals surface area (Å²) in [4.78, 5) is 4.13. The lowest BCUT2D eigenvalue weighted by Crippen LogP contribution is -2.25. The van der Waals surface area contributed by atoms with Crippen molar-refractivity contribution in [1.29, 1.82) is 0 Å². The summed E-state index contributed by atoms with van der Waals surface area (Å²) < 4.78 is 8.00. The normalized spacial score (nSPS) is 16.2. The SMILES string of the molecule is CC1(C)Cc2cccc(Cn3ccnc3CO)c2O1. The van der Waals surface area contributed by atoms with Crippen LogP contribution < -0.4 is 4.74 Å². The smallest absolute Gasteiger partial charge is 0.134 e. The lowest BCUT2D eigenvalue weighted by molar-refractivity contribution is 0.137. The minimum Gasteiger partial charge on any atom is -0.487 e. The van der Waals surface area contributed by atoms with E-state index in [1.54, 1.807) is 6.20 Å². The molecular formula is C15H18N2O2. The summed E-state index contributed by atoms with van der Waals surface area (Å²) in [5.74, 6) is 1.67. The van der Waals surface area contributed by atoms with Crippen LogP contribution in [0.4, 0.5) is 0 Å². The fourth-order valence-electron chi connectivity index (χ4n) is 2.62. The topological polar surface area (TPSA) is 47.3 Å². The fraction of sp³-hybridized carbons (Fsp3) is 0.400. The number of fused-ring (bicyclic) bond motifs is 1. The van der Waals surface area contributed by atoms with E-state index in [0.717, 1.165) is 17.7 Å². The zero-order chi connectivity index (χ0) is 13.5. The first-order valence-electron chi connectivity index (χ1n) is 6.50. The first-order chi connectivity index (χ1) is 9.09. The maximum Gasteiger partial charge on any atom is 0.134 e. The second-order valence-electron chi connectivity index (χ2n) is 5.57. The summed E-state index contributed by atoms with van der Waals surface area (Å²) in [6.07, 6.45) is 4.53. The fourth-order valence-corrected chi connectivity index (χ4v) is 2.62. The molecule has 4 heteroatoms. The van der Waals surface area contributed by atoms with Crippen LogP contribution in [0.5, 0.6) is 5.75 Å². The summed E-state index contributed by atoms with van der Waals surface area (Å²) in [6, 6.07) is 6.25. The number of hydrogen-bond acceptors (Lipinski definition) is 3. The number of rotatable bonds is 3. The van der Waals surface area contributed by atoms with Gasteiger partial charge in [0.25, 0.3) is 0 Å². The van der Waals surface area contributed by atoms with E-state index in [2.05, 4.69) is 37.0 Å². The third kappa shape index (κ3) is 2.24. The van der Waals surface area contributed by atoms with Gasteiger partial charge in [0, 0.05) is 24.4 Å². The molecule has 2 aromatic rings. The Morgan fingerprint density at radius 1 is 1.42 bits per heavy atom. The van der Waals surface area contributed by atoms with Crippen LogP contribution in [-0.4, -0.2) is 20.3 Å². The van der Waals surface area contributed by atoms with E-state index >= 15 is 0 Å². The lowest BCUT2D eigenvalue weighted by atomic mass is 10.0. The molecule has 0 saturated carbocycles. The number of benzene rings is 1. The number of aliphatic hydroxyl groups excluding tert-OH is 1. The summed E-state index contributed by atoms with van der Waals surface area (Å²) in [7, 11) is 0. The predicted molar refractivity (Wildman–Crippen MR) is 72.1 cm³/mol. The molecule has 0 fully saturated rings. The van der Waals surface area contributed by atoms with Crippen molar-refractivity contribution >= 4 is 0 Å². The molecule has 0 atom stereocenters. The lowest BCUT2D eigenvalue weighted by Gasteiger charge is -2.18. The Labute approximate surface area is 112 Å². The van der Waals surface area contributed by atoms with Crippen molar-refractivity contribution in [3.05, 3.63) is 47.5 Å². The third-order valence-electron chi connectivity index (χ3n) is 3.46. The highest BCUT2D eigenvalue weighted by atomic mass is 16.5. The monoisotopic (exact) mass is 258 g/mol. The van der Waals surface area contributed by atoms with E-state index in [9.17, 15) is 5.11 Å². The van der Waals surface area contributed by atoms with E-state index in [1.807, 2.05) is 10.8 Å². The molecule has 19 heavy (non-hydrogen) atoms. The average molecular weight is 258 g/mol. The van der Waals surface area contributed by atoms with Gasteiger partial charge >= 0.3 is 0 Å². The Morgan fingerprint density at radius 3 is 3.05 bits per heavy atom. The maximum absolute atomic E-state index is 9.25. The Balaban J connectivity index is 1.94. The molecule has 0 saturated heterocycles. The first-order valence-corrected chi connectivity index (χ1v) is 6.50. The number of aromatic nitrogens is 2. The number of para-hydroxylation sites is 1. The molecule has 1 aromatic heterocycles. The molecule has 0 amide bonds. The van der Waals surface area contributed by atoms with Crippen LogP contribution in [0.2, 0.25) is 0 Å². The van der Waals surface area contributed by atoms with Crippen LogP contribution in [0.1, 0.15) is 30.8 Å². The van der Waals surface area contributed by atoms with Gasteiger partial charge < -0.3 is 14.4 Å². The zero-order valence-corrected chi connectivity index (χ0v) is 11.3. The molecule has 100 valence electrons. The van der Waals surface area contributed by atoms with Crippen LogP contribution in [-0.2, 0) is 19.6 Å². The van der Waals surface area contributed by atoms with Gasteiger partial charge in [0.1, 0.15) is 23.8 Å². The summed E-state index contributed by atoms with van der Waals surface area (Å²) in [5.41, 5.74) is 2.26. The van der Waals surface area contributed by atoms with Crippen molar-refractivity contribution in [2.45, 2.75) is 39.0 Å². The molecule has 4 nitrogen and oxygen atoms in total. The molecule has 3 rings (SSSR count). The van der Waals surface area contributed by atoms with E-state index in [1.165, 1.54) is 5.56 Å². The Bertz CT molecular complexity index is 602. The molecule has 0 aliphatic carbocycles. The van der Waals surface area contributed by atoms with Crippen molar-refractivity contribution < 1.29 is 9.84 Å². The minimum absolute atomic E-state index is 0.0472. The van der Waals surface area contributed by atoms with Gasteiger partial charge in [-0.15, -0.1) is 0 Å². The summed E-state index contributed by atoms with van der Waals surface area (Å²) >= 11 is 0. The van der Waals surface area contributed by atoms with Crippen LogP contribution in [0.15, 0.2) is 30.6 Å². The number of nitrogens with zero attached hydrogens (tertiary/aromatic N) is 2. The highest BCUT2D eigenvalue weighted by Gasteiger charge is 2.31. The van der Waals surface area contributed by atoms with Crippen molar-refractivity contribution in [2.24, 2.45) is 0 Å². The van der Waals surface area contributed by atoms with E-state index in [0.29, 0.717) is 12.4 Å². The minimum atomic E-state index is -0.132. The quantitative estimate of drug-likeness (QED) is 0.917. The highest BCUT2D eigenvalue weighted by molar-refractivity contribution is 5.45. The molecule has 0 spiro atoms. The number of imidazole rings is 1. The zero-order valence-electron chi connectivity index (χ0n) is 11.3. The van der Waals surface area contributed by atoms with Crippen molar-refractivity contribution in [3.63, 3.8) is 0 Å². The largest absolute Gasteiger partial charge is 0.487 e. The Kier molecular flexibility index (Phi) is 2.82. The molecule has 1 aromatic carbocycles. The van der Waals surface area contributed by atoms with Gasteiger partial charge in [0.05, 0.1) is 6.54 Å².